The molecule has 0 saturated heterocycles. The Labute approximate surface area is 74.1 Å². The molecule has 3 nitrogen and oxygen atoms in total. The fourth-order valence-electron chi connectivity index (χ4n) is 1.02. The normalized spacial score (nSPS) is 21.4. The van der Waals surface area contributed by atoms with Crippen LogP contribution in [-0.4, -0.2) is 10.9 Å². The molecule has 2 heterocycles. The summed E-state index contributed by atoms with van der Waals surface area (Å²) in [5.74, 6) is -0.0272. The van der Waals surface area contributed by atoms with Crippen LogP contribution < -0.4 is 5.32 Å². The third-order valence-electron chi connectivity index (χ3n) is 1.79. The molecule has 1 aliphatic rings. The van der Waals surface area contributed by atoms with E-state index in [9.17, 15) is 4.79 Å². The van der Waals surface area contributed by atoms with Gasteiger partial charge in [-0.1, -0.05) is 13.0 Å². The zero-order valence-corrected chi connectivity index (χ0v) is 7.39. The Kier molecular flexibility index (Phi) is 1.69. The van der Waals surface area contributed by atoms with Crippen LogP contribution >= 0.6 is 11.3 Å². The quantitative estimate of drug-likeness (QED) is 0.660. The number of anilines is 1. The Hall–Kier alpha value is -1.16. The standard InChI is InChI=1S/C8H8N2OS/c1-5-2-3-6-8(10-7(5)11)12-4-9-6/h2-5H,1H3,(H,10,11). The van der Waals surface area contributed by atoms with E-state index >= 15 is 0 Å². The van der Waals surface area contributed by atoms with Gasteiger partial charge in [-0.3, -0.25) is 4.79 Å². The molecule has 0 spiro atoms. The summed E-state index contributed by atoms with van der Waals surface area (Å²) < 4.78 is 0. The predicted molar refractivity (Wildman–Crippen MR) is 48.9 cm³/mol. The van der Waals surface area contributed by atoms with Gasteiger partial charge in [-0.2, -0.15) is 0 Å². The number of nitrogens with one attached hydrogen (secondary N) is 1. The number of nitrogens with zero attached hydrogens (tertiary/aromatic N) is 1. The van der Waals surface area contributed by atoms with Gasteiger partial charge in [-0.15, -0.1) is 11.3 Å². The van der Waals surface area contributed by atoms with E-state index in [4.69, 9.17) is 0 Å². The molecular weight excluding hydrogens is 172 g/mol. The van der Waals surface area contributed by atoms with Crippen LogP contribution in [0, 0.1) is 5.92 Å². The van der Waals surface area contributed by atoms with Crippen molar-refractivity contribution >= 4 is 28.3 Å². The molecule has 1 unspecified atom stereocenters. The minimum Gasteiger partial charge on any atom is -0.315 e. The molecule has 1 aliphatic heterocycles. The van der Waals surface area contributed by atoms with E-state index in [-0.39, 0.29) is 11.8 Å². The Bertz CT molecular complexity index is 343. The van der Waals surface area contributed by atoms with Crippen LogP contribution in [0.25, 0.3) is 6.08 Å². The molecule has 0 fully saturated rings. The lowest BCUT2D eigenvalue weighted by molar-refractivity contribution is -0.118. The Balaban J connectivity index is 2.43. The van der Waals surface area contributed by atoms with E-state index < -0.39 is 0 Å². The van der Waals surface area contributed by atoms with Crippen LogP contribution in [0.2, 0.25) is 0 Å². The first kappa shape index (κ1) is 7.49. The van der Waals surface area contributed by atoms with E-state index in [1.165, 1.54) is 11.3 Å². The van der Waals surface area contributed by atoms with Crippen LogP contribution in [0.15, 0.2) is 11.6 Å². The summed E-state index contributed by atoms with van der Waals surface area (Å²) in [4.78, 5) is 15.4. The topological polar surface area (TPSA) is 42.0 Å². The molecule has 1 aromatic heterocycles. The average molecular weight is 180 g/mol. The zero-order valence-electron chi connectivity index (χ0n) is 6.57. The van der Waals surface area contributed by atoms with Crippen molar-refractivity contribution in [1.82, 2.24) is 4.98 Å². The second-order valence-corrected chi connectivity index (χ2v) is 3.56. The summed E-state index contributed by atoms with van der Waals surface area (Å²) in [5, 5.41) is 3.65. The van der Waals surface area contributed by atoms with E-state index in [1.807, 2.05) is 19.1 Å². The summed E-state index contributed by atoms with van der Waals surface area (Å²) in [5.41, 5.74) is 2.59. The molecule has 0 radical (unpaired) electrons. The number of hydrogen-bond donors (Lipinski definition) is 1. The predicted octanol–water partition coefficient (Wildman–Crippen LogP) is 1.74. The fraction of sp³-hybridized carbons (Fsp3) is 0.250. The maximum atomic E-state index is 11.3. The van der Waals surface area contributed by atoms with Crippen molar-refractivity contribution in [3.63, 3.8) is 0 Å². The number of hydrogen-bond acceptors (Lipinski definition) is 3. The maximum absolute atomic E-state index is 11.3. The lowest BCUT2D eigenvalue weighted by atomic mass is 10.1. The van der Waals surface area contributed by atoms with E-state index in [0.29, 0.717) is 0 Å². The molecule has 0 bridgehead atoms. The highest BCUT2D eigenvalue weighted by atomic mass is 32.1. The molecule has 0 aromatic carbocycles. The van der Waals surface area contributed by atoms with Crippen molar-refractivity contribution in [3.8, 4) is 0 Å². The van der Waals surface area contributed by atoms with Crippen molar-refractivity contribution < 1.29 is 4.79 Å². The van der Waals surface area contributed by atoms with Crippen molar-refractivity contribution in [2.75, 3.05) is 5.32 Å². The average Bonchev–Trinajstić information content (AvgIpc) is 2.43. The number of aromatic nitrogens is 1. The number of thiazole rings is 1. The second kappa shape index (κ2) is 2.71. The first-order valence-electron chi connectivity index (χ1n) is 3.70. The van der Waals surface area contributed by atoms with Gasteiger partial charge in [0.15, 0.2) is 0 Å². The highest BCUT2D eigenvalue weighted by Gasteiger charge is 2.16. The zero-order chi connectivity index (χ0) is 8.55. The molecular formula is C8H8N2OS. The summed E-state index contributed by atoms with van der Waals surface area (Å²) in [6, 6.07) is 0. The third kappa shape index (κ3) is 1.14. The van der Waals surface area contributed by atoms with Crippen LogP contribution in [0.5, 0.6) is 0 Å². The van der Waals surface area contributed by atoms with Crippen molar-refractivity contribution in [2.24, 2.45) is 5.92 Å². The second-order valence-electron chi connectivity index (χ2n) is 2.70. The summed E-state index contributed by atoms with van der Waals surface area (Å²) in [7, 11) is 0. The van der Waals surface area contributed by atoms with E-state index in [1.54, 1.807) is 5.51 Å². The molecule has 0 saturated carbocycles. The first-order chi connectivity index (χ1) is 5.77. The molecule has 62 valence electrons. The number of rotatable bonds is 0. The summed E-state index contributed by atoms with van der Waals surface area (Å²) >= 11 is 1.45. The number of fused-ring (bicyclic) bond motifs is 1. The minimum atomic E-state index is -0.0635. The van der Waals surface area contributed by atoms with Gasteiger partial charge in [0.2, 0.25) is 5.91 Å². The lowest BCUT2D eigenvalue weighted by Crippen LogP contribution is -2.16. The fourth-order valence-corrected chi connectivity index (χ4v) is 1.69. The van der Waals surface area contributed by atoms with Gasteiger partial charge >= 0.3 is 0 Å². The Morgan fingerprint density at radius 1 is 1.67 bits per heavy atom. The largest absolute Gasteiger partial charge is 0.315 e. The van der Waals surface area contributed by atoms with E-state index in [0.717, 1.165) is 10.7 Å². The molecule has 4 heteroatoms. The molecule has 1 atom stereocenters. The molecule has 1 amide bonds. The molecule has 2 rings (SSSR count). The highest BCUT2D eigenvalue weighted by Crippen LogP contribution is 2.25. The summed E-state index contributed by atoms with van der Waals surface area (Å²) in [6.07, 6.45) is 3.75. The number of amides is 1. The lowest BCUT2D eigenvalue weighted by Gasteiger charge is -2.02. The SMILES string of the molecule is CC1C=Cc2ncsc2NC1=O. The molecule has 0 aliphatic carbocycles. The smallest absolute Gasteiger partial charge is 0.231 e. The van der Waals surface area contributed by atoms with Gasteiger partial charge in [0.1, 0.15) is 5.00 Å². The molecule has 12 heavy (non-hydrogen) atoms. The Morgan fingerprint density at radius 2 is 2.50 bits per heavy atom. The van der Waals surface area contributed by atoms with Gasteiger partial charge in [-0.25, -0.2) is 4.98 Å². The van der Waals surface area contributed by atoms with Gasteiger partial charge < -0.3 is 5.32 Å². The minimum absolute atomic E-state index is 0.0363. The highest BCUT2D eigenvalue weighted by molar-refractivity contribution is 7.14. The maximum Gasteiger partial charge on any atom is 0.231 e. The van der Waals surface area contributed by atoms with Gasteiger partial charge in [0.05, 0.1) is 17.1 Å². The molecule has 1 N–H and O–H groups in total. The monoisotopic (exact) mass is 180 g/mol. The van der Waals surface area contributed by atoms with Gasteiger partial charge in [-0.05, 0) is 6.08 Å². The van der Waals surface area contributed by atoms with Crippen molar-refractivity contribution in [3.05, 3.63) is 17.3 Å². The molecule has 1 aromatic rings. The van der Waals surface area contributed by atoms with Crippen LogP contribution in [0.1, 0.15) is 12.6 Å². The number of carbonyl (C=O) groups is 1. The first-order valence-corrected chi connectivity index (χ1v) is 4.58. The van der Waals surface area contributed by atoms with E-state index in [2.05, 4.69) is 10.3 Å². The summed E-state index contributed by atoms with van der Waals surface area (Å²) in [6.45, 7) is 1.86. The van der Waals surface area contributed by atoms with Crippen LogP contribution in [0.3, 0.4) is 0 Å². The Morgan fingerprint density at radius 3 is 3.33 bits per heavy atom. The van der Waals surface area contributed by atoms with Gasteiger partial charge in [0, 0.05) is 0 Å². The third-order valence-corrected chi connectivity index (χ3v) is 2.55. The van der Waals surface area contributed by atoms with Crippen LogP contribution in [-0.2, 0) is 4.79 Å². The van der Waals surface area contributed by atoms with Gasteiger partial charge in [0.25, 0.3) is 0 Å². The van der Waals surface area contributed by atoms with Crippen molar-refractivity contribution in [2.45, 2.75) is 6.92 Å². The van der Waals surface area contributed by atoms with Crippen molar-refractivity contribution in [1.29, 1.82) is 0 Å². The van der Waals surface area contributed by atoms with Crippen LogP contribution in [0.4, 0.5) is 5.00 Å². The number of carbonyl (C=O) groups excluding carboxylic acids is 1.